The Morgan fingerprint density at radius 2 is 2.14 bits per heavy atom. The van der Waals surface area contributed by atoms with E-state index in [0.29, 0.717) is 22.7 Å². The number of nitrogen functional groups attached to an aromatic ring is 1. The van der Waals surface area contributed by atoms with E-state index in [4.69, 9.17) is 5.84 Å². The Bertz CT molecular complexity index is 922. The highest BCUT2D eigenvalue weighted by Crippen LogP contribution is 2.18. The molecule has 0 saturated heterocycles. The second-order valence-corrected chi connectivity index (χ2v) is 4.37. The fraction of sp³-hybridized carbons (Fsp3) is 0.182. The summed E-state index contributed by atoms with van der Waals surface area (Å²) in [6.07, 6.45) is 1.59. The predicted molar refractivity (Wildman–Crippen MR) is 74.5 cm³/mol. The predicted octanol–water partition coefficient (Wildman–Crippen LogP) is -1.45. The van der Waals surface area contributed by atoms with Crippen LogP contribution in [0.4, 0.5) is 5.82 Å². The lowest BCUT2D eigenvalue weighted by Crippen LogP contribution is -2.29. The van der Waals surface area contributed by atoms with Crippen LogP contribution in [0, 0.1) is 0 Å². The van der Waals surface area contributed by atoms with Crippen molar-refractivity contribution in [3.05, 3.63) is 44.9 Å². The maximum Gasteiger partial charge on any atom is 0.265 e. The number of rotatable bonds is 3. The van der Waals surface area contributed by atoms with Crippen molar-refractivity contribution in [3.8, 4) is 0 Å². The molecule has 0 spiro atoms. The second-order valence-electron chi connectivity index (χ2n) is 4.37. The van der Waals surface area contributed by atoms with Crippen molar-refractivity contribution in [2.45, 2.75) is 6.54 Å². The minimum absolute atomic E-state index is 0.0186. The summed E-state index contributed by atoms with van der Waals surface area (Å²) in [6.45, 7) is 0.0186. The largest absolute Gasteiger partial charge is 0.308 e. The molecule has 3 aromatic heterocycles. The van der Waals surface area contributed by atoms with E-state index in [1.807, 2.05) is 0 Å². The highest BCUT2D eigenvalue weighted by atomic mass is 16.1. The van der Waals surface area contributed by atoms with Gasteiger partial charge in [0, 0.05) is 19.2 Å². The first-order valence-electron chi connectivity index (χ1n) is 6.04. The van der Waals surface area contributed by atoms with Crippen LogP contribution >= 0.6 is 0 Å². The molecule has 3 rings (SSSR count). The quantitative estimate of drug-likeness (QED) is 0.396. The van der Waals surface area contributed by atoms with Gasteiger partial charge >= 0.3 is 0 Å². The van der Waals surface area contributed by atoms with E-state index >= 15 is 0 Å². The number of nitrogens with two attached hydrogens (primary N) is 1. The molecule has 21 heavy (non-hydrogen) atoms. The Morgan fingerprint density at radius 3 is 2.90 bits per heavy atom. The normalized spacial score (nSPS) is 11.0. The molecular formula is C11H12N8O2. The molecule has 0 aromatic carbocycles. The van der Waals surface area contributed by atoms with Gasteiger partial charge in [0.15, 0.2) is 17.3 Å². The van der Waals surface area contributed by atoms with Crippen LogP contribution in [-0.4, -0.2) is 29.5 Å². The van der Waals surface area contributed by atoms with Crippen LogP contribution in [0.15, 0.2) is 27.9 Å². The molecule has 10 nitrogen and oxygen atoms in total. The van der Waals surface area contributed by atoms with Crippen molar-refractivity contribution < 1.29 is 0 Å². The zero-order chi connectivity index (χ0) is 15.0. The zero-order valence-corrected chi connectivity index (χ0v) is 11.1. The molecule has 108 valence electrons. The third-order valence-corrected chi connectivity index (χ3v) is 2.96. The first-order chi connectivity index (χ1) is 10.1. The molecule has 0 fully saturated rings. The van der Waals surface area contributed by atoms with Gasteiger partial charge < -0.3 is 5.43 Å². The number of hydrogen-bond donors (Lipinski definition) is 3. The van der Waals surface area contributed by atoms with E-state index in [1.165, 1.54) is 6.07 Å². The van der Waals surface area contributed by atoms with Crippen molar-refractivity contribution in [2.75, 3.05) is 5.43 Å². The highest BCUT2D eigenvalue weighted by Gasteiger charge is 2.11. The SMILES string of the molecule is Cn1ncc2c(NN)nc(Cn3[nH]c(=O)ccc3=O)nc21. The summed E-state index contributed by atoms with van der Waals surface area (Å²) in [6, 6.07) is 2.35. The summed E-state index contributed by atoms with van der Waals surface area (Å²) < 4.78 is 2.69. The molecule has 0 radical (unpaired) electrons. The molecule has 0 aliphatic heterocycles. The van der Waals surface area contributed by atoms with Crippen LogP contribution in [0.25, 0.3) is 11.0 Å². The number of hydrazine groups is 1. The summed E-state index contributed by atoms with van der Waals surface area (Å²) in [5, 5.41) is 7.15. The number of aromatic amines is 1. The molecule has 0 unspecified atom stereocenters. The van der Waals surface area contributed by atoms with Gasteiger partial charge in [0.1, 0.15) is 6.54 Å². The van der Waals surface area contributed by atoms with Crippen molar-refractivity contribution in [2.24, 2.45) is 12.9 Å². The van der Waals surface area contributed by atoms with Gasteiger partial charge in [0.2, 0.25) is 0 Å². The molecule has 0 atom stereocenters. The lowest BCUT2D eigenvalue weighted by Gasteiger charge is -2.07. The molecule has 3 aromatic rings. The van der Waals surface area contributed by atoms with Crippen molar-refractivity contribution in [1.82, 2.24) is 29.5 Å². The molecule has 0 aliphatic carbocycles. The monoisotopic (exact) mass is 288 g/mol. The van der Waals surface area contributed by atoms with Gasteiger partial charge in [-0.25, -0.2) is 20.5 Å². The molecule has 10 heteroatoms. The van der Waals surface area contributed by atoms with E-state index in [1.54, 1.807) is 17.9 Å². The maximum absolute atomic E-state index is 11.7. The Kier molecular flexibility index (Phi) is 2.99. The smallest absolute Gasteiger partial charge is 0.265 e. The number of aryl methyl sites for hydroxylation is 1. The number of hydrogen-bond acceptors (Lipinski definition) is 7. The Labute approximate surface area is 117 Å². The Morgan fingerprint density at radius 1 is 1.33 bits per heavy atom. The highest BCUT2D eigenvalue weighted by molar-refractivity contribution is 5.86. The van der Waals surface area contributed by atoms with Gasteiger partial charge in [0.05, 0.1) is 11.6 Å². The van der Waals surface area contributed by atoms with Crippen molar-refractivity contribution >= 4 is 16.9 Å². The first kappa shape index (κ1) is 13.0. The van der Waals surface area contributed by atoms with Crippen LogP contribution in [0.5, 0.6) is 0 Å². The summed E-state index contributed by atoms with van der Waals surface area (Å²) in [5.41, 5.74) is 2.30. The number of anilines is 1. The Balaban J connectivity index is 2.12. The first-order valence-corrected chi connectivity index (χ1v) is 6.04. The summed E-state index contributed by atoms with van der Waals surface area (Å²) >= 11 is 0. The van der Waals surface area contributed by atoms with Crippen LogP contribution < -0.4 is 22.4 Å². The topological polar surface area (TPSA) is 137 Å². The number of H-pyrrole nitrogens is 1. The zero-order valence-electron chi connectivity index (χ0n) is 11.1. The minimum atomic E-state index is -0.381. The standard InChI is InChI=1S/C11H12N8O2/c1-18-11-6(4-13-18)10(16-12)14-7(15-11)5-19-9(21)3-2-8(20)17-19/h2-4H,5,12H2,1H3,(H,17,20)(H,14,15,16). The molecule has 3 heterocycles. The van der Waals surface area contributed by atoms with E-state index in [2.05, 4.69) is 25.6 Å². The van der Waals surface area contributed by atoms with Gasteiger partial charge in [-0.05, 0) is 0 Å². The van der Waals surface area contributed by atoms with Gasteiger partial charge in [-0.2, -0.15) is 5.10 Å². The molecule has 0 bridgehead atoms. The molecule has 0 aliphatic rings. The fourth-order valence-corrected chi connectivity index (χ4v) is 1.97. The molecule has 0 saturated carbocycles. The van der Waals surface area contributed by atoms with E-state index in [0.717, 1.165) is 10.7 Å². The van der Waals surface area contributed by atoms with Crippen LogP contribution in [-0.2, 0) is 13.6 Å². The second kappa shape index (κ2) is 4.83. The average molecular weight is 288 g/mol. The van der Waals surface area contributed by atoms with E-state index < -0.39 is 0 Å². The third-order valence-electron chi connectivity index (χ3n) is 2.96. The van der Waals surface area contributed by atoms with Crippen molar-refractivity contribution in [3.63, 3.8) is 0 Å². The average Bonchev–Trinajstić information content (AvgIpc) is 2.84. The maximum atomic E-state index is 11.7. The minimum Gasteiger partial charge on any atom is -0.308 e. The lowest BCUT2D eigenvalue weighted by atomic mass is 10.4. The van der Waals surface area contributed by atoms with Gasteiger partial charge in [-0.15, -0.1) is 0 Å². The summed E-state index contributed by atoms with van der Waals surface area (Å²) in [7, 11) is 1.73. The summed E-state index contributed by atoms with van der Waals surface area (Å²) in [4.78, 5) is 31.5. The lowest BCUT2D eigenvalue weighted by molar-refractivity contribution is 0.605. The van der Waals surface area contributed by atoms with Crippen LogP contribution in [0.2, 0.25) is 0 Å². The number of nitrogens with one attached hydrogen (secondary N) is 2. The van der Waals surface area contributed by atoms with Crippen LogP contribution in [0.1, 0.15) is 5.82 Å². The summed E-state index contributed by atoms with van der Waals surface area (Å²) in [5.74, 6) is 6.16. The molecule has 0 amide bonds. The molecular weight excluding hydrogens is 276 g/mol. The van der Waals surface area contributed by atoms with Crippen LogP contribution in [0.3, 0.4) is 0 Å². The van der Waals surface area contributed by atoms with Gasteiger partial charge in [-0.3, -0.25) is 19.4 Å². The number of fused-ring (bicyclic) bond motifs is 1. The fourth-order valence-electron chi connectivity index (χ4n) is 1.97. The molecule has 4 N–H and O–H groups in total. The number of aromatic nitrogens is 6. The van der Waals surface area contributed by atoms with Crippen molar-refractivity contribution in [1.29, 1.82) is 0 Å². The van der Waals surface area contributed by atoms with E-state index in [9.17, 15) is 9.59 Å². The van der Waals surface area contributed by atoms with Gasteiger partial charge in [-0.1, -0.05) is 0 Å². The third kappa shape index (κ3) is 2.27. The number of nitrogens with zero attached hydrogens (tertiary/aromatic N) is 5. The van der Waals surface area contributed by atoms with Gasteiger partial charge in [0.25, 0.3) is 11.1 Å². The Hall–Kier alpha value is -3.01. The van der Waals surface area contributed by atoms with E-state index in [-0.39, 0.29) is 17.7 Å².